The number of anilines is 1. The zero-order chi connectivity index (χ0) is 23.6. The minimum atomic E-state index is 0.704. The van der Waals surface area contributed by atoms with E-state index in [1.807, 2.05) is 18.2 Å². The molecule has 0 unspecified atom stereocenters. The van der Waals surface area contributed by atoms with Crippen molar-refractivity contribution < 1.29 is 0 Å². The Morgan fingerprint density at radius 2 is 1.57 bits per heavy atom. The summed E-state index contributed by atoms with van der Waals surface area (Å²) in [6.45, 7) is 2.00. The maximum atomic E-state index is 6.34. The minimum Gasteiger partial charge on any atom is -0.356 e. The Bertz CT molecular complexity index is 1440. The number of halogens is 1. The lowest BCUT2D eigenvalue weighted by Crippen LogP contribution is -2.35. The first-order valence-electron chi connectivity index (χ1n) is 12.2. The van der Waals surface area contributed by atoms with Gasteiger partial charge >= 0.3 is 0 Å². The van der Waals surface area contributed by atoms with Gasteiger partial charge in [0.1, 0.15) is 12.1 Å². The molecule has 0 aliphatic carbocycles. The Hall–Kier alpha value is -3.63. The van der Waals surface area contributed by atoms with E-state index >= 15 is 0 Å². The first-order chi connectivity index (χ1) is 17.3. The lowest BCUT2D eigenvalue weighted by molar-refractivity contribution is 0.402. The summed E-state index contributed by atoms with van der Waals surface area (Å²) in [4.78, 5) is 12.0. The molecular formula is C30H27ClN4. The Morgan fingerprint density at radius 3 is 2.31 bits per heavy atom. The number of nitrogens with zero attached hydrogens (tertiary/aromatic N) is 4. The molecule has 0 radical (unpaired) electrons. The fourth-order valence-corrected chi connectivity index (χ4v) is 5.43. The van der Waals surface area contributed by atoms with Crippen molar-refractivity contribution in [2.45, 2.75) is 19.3 Å². The van der Waals surface area contributed by atoms with E-state index in [1.165, 1.54) is 5.56 Å². The summed E-state index contributed by atoms with van der Waals surface area (Å²) in [5, 5.41) is 1.81. The van der Waals surface area contributed by atoms with Crippen molar-refractivity contribution in [1.82, 2.24) is 14.5 Å². The van der Waals surface area contributed by atoms with Gasteiger partial charge in [0.15, 0.2) is 5.65 Å². The van der Waals surface area contributed by atoms with Crippen molar-refractivity contribution in [2.75, 3.05) is 18.0 Å². The molecule has 5 aromatic rings. The van der Waals surface area contributed by atoms with Crippen molar-refractivity contribution in [1.29, 1.82) is 0 Å². The Kier molecular flexibility index (Phi) is 5.97. The van der Waals surface area contributed by atoms with E-state index in [9.17, 15) is 0 Å². The van der Waals surface area contributed by atoms with Crippen LogP contribution in [0.15, 0.2) is 97.5 Å². The first-order valence-corrected chi connectivity index (χ1v) is 12.6. The summed E-state index contributed by atoms with van der Waals surface area (Å²) < 4.78 is 2.14. The lowest BCUT2D eigenvalue weighted by Gasteiger charge is -2.33. The molecule has 0 N–H and O–H groups in total. The molecular weight excluding hydrogens is 452 g/mol. The van der Waals surface area contributed by atoms with Crippen LogP contribution in [0.5, 0.6) is 0 Å². The molecule has 0 spiro atoms. The Labute approximate surface area is 210 Å². The molecule has 2 aromatic heterocycles. The summed E-state index contributed by atoms with van der Waals surface area (Å²) in [7, 11) is 0. The molecule has 1 saturated heterocycles. The Balaban J connectivity index is 1.38. The predicted octanol–water partition coefficient (Wildman–Crippen LogP) is 7.20. The van der Waals surface area contributed by atoms with Gasteiger partial charge < -0.3 is 9.47 Å². The van der Waals surface area contributed by atoms with Crippen LogP contribution in [0.1, 0.15) is 18.4 Å². The summed E-state index contributed by atoms with van der Waals surface area (Å²) in [5.74, 6) is 1.73. The average molecular weight is 479 g/mol. The Morgan fingerprint density at radius 1 is 0.829 bits per heavy atom. The van der Waals surface area contributed by atoms with Gasteiger partial charge in [-0.2, -0.15) is 0 Å². The normalized spacial score (nSPS) is 14.5. The predicted molar refractivity (Wildman–Crippen MR) is 144 cm³/mol. The highest BCUT2D eigenvalue weighted by Gasteiger charge is 2.25. The van der Waals surface area contributed by atoms with Crippen molar-refractivity contribution >= 4 is 28.5 Å². The highest BCUT2D eigenvalue weighted by Crippen LogP contribution is 2.38. The summed E-state index contributed by atoms with van der Waals surface area (Å²) in [6, 6.07) is 29.3. The van der Waals surface area contributed by atoms with Crippen molar-refractivity contribution in [2.24, 2.45) is 5.92 Å². The van der Waals surface area contributed by atoms with E-state index in [4.69, 9.17) is 21.6 Å². The van der Waals surface area contributed by atoms with Gasteiger partial charge in [-0.15, -0.1) is 0 Å². The van der Waals surface area contributed by atoms with E-state index in [0.29, 0.717) is 10.9 Å². The second kappa shape index (κ2) is 9.55. The van der Waals surface area contributed by atoms with Crippen LogP contribution >= 0.6 is 11.6 Å². The molecule has 35 heavy (non-hydrogen) atoms. The summed E-state index contributed by atoms with van der Waals surface area (Å²) in [5.41, 5.74) is 5.63. The minimum absolute atomic E-state index is 0.704. The fraction of sp³-hybridized carbons (Fsp3) is 0.200. The molecule has 0 atom stereocenters. The highest BCUT2D eigenvalue weighted by atomic mass is 35.5. The van der Waals surface area contributed by atoms with Gasteiger partial charge in [0.2, 0.25) is 0 Å². The number of aromatic nitrogens is 3. The van der Waals surface area contributed by atoms with Crippen LogP contribution in [0.25, 0.3) is 27.8 Å². The van der Waals surface area contributed by atoms with Crippen LogP contribution in [0, 0.1) is 5.92 Å². The topological polar surface area (TPSA) is 34.0 Å². The molecule has 3 heterocycles. The molecule has 1 fully saturated rings. The third-order valence-corrected chi connectivity index (χ3v) is 7.25. The molecule has 0 bridgehead atoms. The SMILES string of the molecule is Clc1cccc(-n2cc(-c3ccccc3)c3c(N4CCC(Cc5ccccc5)CC4)ncnc32)c1. The van der Waals surface area contributed by atoms with Crippen LogP contribution in [-0.2, 0) is 6.42 Å². The van der Waals surface area contributed by atoms with Crippen LogP contribution in [-0.4, -0.2) is 27.6 Å². The number of benzene rings is 3. The quantitative estimate of drug-likeness (QED) is 0.268. The smallest absolute Gasteiger partial charge is 0.150 e. The van der Waals surface area contributed by atoms with Gasteiger partial charge in [0, 0.05) is 35.6 Å². The monoisotopic (exact) mass is 478 g/mol. The van der Waals surface area contributed by atoms with E-state index < -0.39 is 0 Å². The molecule has 3 aromatic carbocycles. The largest absolute Gasteiger partial charge is 0.356 e. The lowest BCUT2D eigenvalue weighted by atomic mass is 9.90. The highest BCUT2D eigenvalue weighted by molar-refractivity contribution is 6.30. The fourth-order valence-electron chi connectivity index (χ4n) is 5.24. The summed E-state index contributed by atoms with van der Waals surface area (Å²) in [6.07, 6.45) is 7.34. The zero-order valence-corrected chi connectivity index (χ0v) is 20.3. The van der Waals surface area contributed by atoms with E-state index in [-0.39, 0.29) is 0 Å². The molecule has 5 heteroatoms. The summed E-state index contributed by atoms with van der Waals surface area (Å²) >= 11 is 6.34. The van der Waals surface area contributed by atoms with Gasteiger partial charge in [-0.1, -0.05) is 78.3 Å². The van der Waals surface area contributed by atoms with Crippen LogP contribution in [0.3, 0.4) is 0 Å². The molecule has 6 rings (SSSR count). The first kappa shape index (κ1) is 21.9. The molecule has 1 aliphatic rings. The van der Waals surface area contributed by atoms with E-state index in [1.54, 1.807) is 6.33 Å². The van der Waals surface area contributed by atoms with Gasteiger partial charge in [0.05, 0.1) is 5.39 Å². The van der Waals surface area contributed by atoms with Crippen molar-refractivity contribution in [3.8, 4) is 16.8 Å². The maximum absolute atomic E-state index is 6.34. The zero-order valence-electron chi connectivity index (χ0n) is 19.5. The van der Waals surface area contributed by atoms with E-state index in [0.717, 1.165) is 66.0 Å². The average Bonchev–Trinajstić information content (AvgIpc) is 3.30. The van der Waals surface area contributed by atoms with E-state index in [2.05, 4.69) is 82.4 Å². The van der Waals surface area contributed by atoms with Gasteiger partial charge in [0.25, 0.3) is 0 Å². The second-order valence-electron chi connectivity index (χ2n) is 9.27. The molecule has 0 saturated carbocycles. The molecule has 4 nitrogen and oxygen atoms in total. The van der Waals surface area contributed by atoms with Crippen LogP contribution < -0.4 is 4.90 Å². The number of fused-ring (bicyclic) bond motifs is 1. The van der Waals surface area contributed by atoms with Gasteiger partial charge in [-0.3, -0.25) is 0 Å². The second-order valence-corrected chi connectivity index (χ2v) is 9.71. The molecule has 174 valence electrons. The number of hydrogen-bond donors (Lipinski definition) is 0. The third-order valence-electron chi connectivity index (χ3n) is 7.02. The number of piperidine rings is 1. The number of rotatable bonds is 5. The third kappa shape index (κ3) is 4.42. The molecule has 0 amide bonds. The van der Waals surface area contributed by atoms with Crippen LogP contribution in [0.4, 0.5) is 5.82 Å². The maximum Gasteiger partial charge on any atom is 0.150 e. The number of hydrogen-bond acceptors (Lipinski definition) is 3. The molecule has 1 aliphatic heterocycles. The standard InChI is InChI=1S/C30H27ClN4/c31-25-12-7-13-26(19-25)35-20-27(24-10-5-2-6-11-24)28-29(32-21-33-30(28)35)34-16-14-23(15-17-34)18-22-8-3-1-4-9-22/h1-13,19-21,23H,14-18H2. The van der Waals surface area contributed by atoms with Gasteiger partial charge in [-0.05, 0) is 54.5 Å². The van der Waals surface area contributed by atoms with Gasteiger partial charge in [-0.25, -0.2) is 9.97 Å². The van der Waals surface area contributed by atoms with Crippen molar-refractivity contribution in [3.63, 3.8) is 0 Å². The van der Waals surface area contributed by atoms with Crippen LogP contribution in [0.2, 0.25) is 5.02 Å². The van der Waals surface area contributed by atoms with Crippen molar-refractivity contribution in [3.05, 3.63) is 108 Å².